The molecule has 2 rings (SSSR count). The zero-order valence-electron chi connectivity index (χ0n) is 9.60. The van der Waals surface area contributed by atoms with E-state index in [-0.39, 0.29) is 0 Å². The number of aliphatic carboxylic acids is 1. The Morgan fingerprint density at radius 1 is 1.29 bits per heavy atom. The normalized spacial score (nSPS) is 23.9. The molecule has 4 heteroatoms. The highest BCUT2D eigenvalue weighted by atomic mass is 16.4. The van der Waals surface area contributed by atoms with E-state index < -0.39 is 17.6 Å². The molecule has 1 heterocycles. The monoisotopic (exact) mass is 235 g/mol. The highest BCUT2D eigenvalue weighted by molar-refractivity contribution is 5.80. The molecule has 0 aliphatic carbocycles. The number of nitrogens with one attached hydrogen (secondary N) is 1. The maximum Gasteiger partial charge on any atom is 0.342 e. The topological polar surface area (TPSA) is 69.6 Å². The van der Waals surface area contributed by atoms with E-state index >= 15 is 0 Å². The molecular weight excluding hydrogens is 218 g/mol. The Bertz CT molecular complexity index is 387. The number of carboxylic acid groups (broad SMARTS) is 1. The molecule has 0 spiro atoms. The van der Waals surface area contributed by atoms with Crippen molar-refractivity contribution in [2.45, 2.75) is 30.9 Å². The second-order valence-electron chi connectivity index (χ2n) is 4.44. The summed E-state index contributed by atoms with van der Waals surface area (Å²) in [5.41, 5.74) is -1.39. The highest BCUT2D eigenvalue weighted by Crippen LogP contribution is 2.29. The molecule has 1 aliphatic rings. The zero-order chi connectivity index (χ0) is 12.3. The molecule has 0 radical (unpaired) electrons. The largest absolute Gasteiger partial charge is 0.479 e. The lowest BCUT2D eigenvalue weighted by Gasteiger charge is -2.36. The van der Waals surface area contributed by atoms with Crippen LogP contribution < -0.4 is 5.32 Å². The lowest BCUT2D eigenvalue weighted by molar-refractivity contribution is -0.164. The Morgan fingerprint density at radius 3 is 2.53 bits per heavy atom. The van der Waals surface area contributed by atoms with Gasteiger partial charge in [0.15, 0.2) is 0 Å². The van der Waals surface area contributed by atoms with E-state index in [2.05, 4.69) is 5.32 Å². The van der Waals surface area contributed by atoms with Crippen LogP contribution in [-0.2, 0) is 10.4 Å². The van der Waals surface area contributed by atoms with Crippen molar-refractivity contribution >= 4 is 5.97 Å². The summed E-state index contributed by atoms with van der Waals surface area (Å²) < 4.78 is 0. The standard InChI is InChI=1S/C13H17NO3/c15-12(16)13(17,10-6-2-1-3-7-10)11-8-4-5-9-14-11/h1-3,6-7,11,14,17H,4-5,8-9H2,(H,15,16)/t11-,13?/m1/s1. The predicted octanol–water partition coefficient (Wildman–Crippen LogP) is 1.10. The number of carboxylic acids is 1. The van der Waals surface area contributed by atoms with Crippen molar-refractivity contribution < 1.29 is 15.0 Å². The number of aliphatic hydroxyl groups is 1. The average molecular weight is 235 g/mol. The number of rotatable bonds is 3. The van der Waals surface area contributed by atoms with Gasteiger partial charge in [0, 0.05) is 0 Å². The van der Waals surface area contributed by atoms with Crippen LogP contribution in [0.25, 0.3) is 0 Å². The van der Waals surface area contributed by atoms with Crippen molar-refractivity contribution in [1.82, 2.24) is 5.32 Å². The third-order valence-corrected chi connectivity index (χ3v) is 3.35. The van der Waals surface area contributed by atoms with E-state index in [1.807, 2.05) is 0 Å². The van der Waals surface area contributed by atoms with Crippen LogP contribution in [0.15, 0.2) is 30.3 Å². The van der Waals surface area contributed by atoms with Gasteiger partial charge in [-0.1, -0.05) is 36.8 Å². The van der Waals surface area contributed by atoms with Gasteiger partial charge in [-0.25, -0.2) is 4.79 Å². The molecule has 0 saturated carbocycles. The molecule has 1 fully saturated rings. The van der Waals surface area contributed by atoms with Gasteiger partial charge in [0.2, 0.25) is 5.60 Å². The third kappa shape index (κ3) is 2.18. The molecular formula is C13H17NO3. The van der Waals surface area contributed by atoms with Crippen LogP contribution in [0.2, 0.25) is 0 Å². The molecule has 0 amide bonds. The summed E-state index contributed by atoms with van der Waals surface area (Å²) in [5, 5.41) is 23.0. The summed E-state index contributed by atoms with van der Waals surface area (Å²) in [6.45, 7) is 0.757. The minimum Gasteiger partial charge on any atom is -0.479 e. The van der Waals surface area contributed by atoms with E-state index in [0.29, 0.717) is 12.0 Å². The smallest absolute Gasteiger partial charge is 0.342 e. The van der Waals surface area contributed by atoms with Gasteiger partial charge < -0.3 is 15.5 Å². The Labute approximate surface area is 100 Å². The van der Waals surface area contributed by atoms with Gasteiger partial charge in [0.25, 0.3) is 0 Å². The molecule has 2 atom stereocenters. The van der Waals surface area contributed by atoms with Gasteiger partial charge in [-0.15, -0.1) is 0 Å². The van der Waals surface area contributed by atoms with Crippen LogP contribution in [0.1, 0.15) is 24.8 Å². The fraction of sp³-hybridized carbons (Fsp3) is 0.462. The molecule has 92 valence electrons. The van der Waals surface area contributed by atoms with Crippen LogP contribution in [0.3, 0.4) is 0 Å². The third-order valence-electron chi connectivity index (χ3n) is 3.35. The summed E-state index contributed by atoms with van der Waals surface area (Å²) in [4.78, 5) is 11.4. The van der Waals surface area contributed by atoms with Gasteiger partial charge >= 0.3 is 5.97 Å². The fourth-order valence-corrected chi connectivity index (χ4v) is 2.37. The minimum atomic E-state index is -1.83. The van der Waals surface area contributed by atoms with E-state index in [1.165, 1.54) is 0 Å². The van der Waals surface area contributed by atoms with Crippen molar-refractivity contribution in [3.63, 3.8) is 0 Å². The molecule has 1 saturated heterocycles. The molecule has 3 N–H and O–H groups in total. The van der Waals surface area contributed by atoms with Gasteiger partial charge in [-0.3, -0.25) is 0 Å². The van der Waals surface area contributed by atoms with Gasteiger partial charge in [-0.05, 0) is 24.9 Å². The summed E-state index contributed by atoms with van der Waals surface area (Å²) in [5.74, 6) is -1.19. The molecule has 4 nitrogen and oxygen atoms in total. The second-order valence-corrected chi connectivity index (χ2v) is 4.44. The van der Waals surface area contributed by atoms with E-state index in [1.54, 1.807) is 30.3 Å². The highest BCUT2D eigenvalue weighted by Gasteiger charge is 2.45. The fourth-order valence-electron chi connectivity index (χ4n) is 2.37. The maximum atomic E-state index is 11.4. The Morgan fingerprint density at radius 2 is 2.00 bits per heavy atom. The van der Waals surface area contributed by atoms with Gasteiger partial charge in [0.05, 0.1) is 6.04 Å². The zero-order valence-corrected chi connectivity index (χ0v) is 9.60. The van der Waals surface area contributed by atoms with Crippen molar-refractivity contribution in [3.8, 4) is 0 Å². The molecule has 1 aliphatic heterocycles. The predicted molar refractivity (Wildman–Crippen MR) is 63.6 cm³/mol. The summed E-state index contributed by atoms with van der Waals surface area (Å²) in [6, 6.07) is 8.18. The van der Waals surface area contributed by atoms with Crippen LogP contribution in [0.5, 0.6) is 0 Å². The number of carbonyl (C=O) groups is 1. The van der Waals surface area contributed by atoms with Gasteiger partial charge in [0.1, 0.15) is 0 Å². The summed E-state index contributed by atoms with van der Waals surface area (Å²) in [6.07, 6.45) is 2.65. The average Bonchev–Trinajstić information content (AvgIpc) is 2.39. The number of piperidine rings is 1. The molecule has 17 heavy (non-hydrogen) atoms. The molecule has 1 unspecified atom stereocenters. The lowest BCUT2D eigenvalue weighted by atomic mass is 9.82. The Kier molecular flexibility index (Phi) is 3.45. The van der Waals surface area contributed by atoms with E-state index in [9.17, 15) is 15.0 Å². The van der Waals surface area contributed by atoms with E-state index in [0.717, 1.165) is 19.4 Å². The number of hydrogen-bond acceptors (Lipinski definition) is 3. The Balaban J connectivity index is 2.35. The van der Waals surface area contributed by atoms with Crippen LogP contribution in [0, 0.1) is 0 Å². The minimum absolute atomic E-state index is 0.420. The molecule has 0 bridgehead atoms. The number of hydrogen-bond donors (Lipinski definition) is 3. The first-order valence-electron chi connectivity index (χ1n) is 5.90. The number of benzene rings is 1. The van der Waals surface area contributed by atoms with Crippen molar-refractivity contribution in [3.05, 3.63) is 35.9 Å². The first-order valence-corrected chi connectivity index (χ1v) is 5.90. The summed E-state index contributed by atoms with van der Waals surface area (Å²) in [7, 11) is 0. The van der Waals surface area contributed by atoms with Crippen LogP contribution in [0.4, 0.5) is 0 Å². The lowest BCUT2D eigenvalue weighted by Crippen LogP contribution is -2.55. The van der Waals surface area contributed by atoms with Crippen molar-refractivity contribution in [2.75, 3.05) is 6.54 Å². The Hall–Kier alpha value is -1.39. The second kappa shape index (κ2) is 4.85. The summed E-state index contributed by atoms with van der Waals surface area (Å²) >= 11 is 0. The molecule has 1 aromatic carbocycles. The van der Waals surface area contributed by atoms with Gasteiger partial charge in [-0.2, -0.15) is 0 Å². The first-order chi connectivity index (χ1) is 8.15. The van der Waals surface area contributed by atoms with Crippen LogP contribution >= 0.6 is 0 Å². The molecule has 0 aromatic heterocycles. The van der Waals surface area contributed by atoms with E-state index in [4.69, 9.17) is 0 Å². The molecule has 1 aromatic rings. The van der Waals surface area contributed by atoms with Crippen molar-refractivity contribution in [2.24, 2.45) is 0 Å². The van der Waals surface area contributed by atoms with Crippen molar-refractivity contribution in [1.29, 1.82) is 0 Å². The maximum absolute atomic E-state index is 11.4. The quantitative estimate of drug-likeness (QED) is 0.734. The SMILES string of the molecule is O=C(O)C(O)(c1ccccc1)[C@H]1CCCCN1. The first kappa shape index (κ1) is 12.1. The van der Waals surface area contributed by atoms with Crippen LogP contribution in [-0.4, -0.2) is 28.8 Å².